The van der Waals surface area contributed by atoms with Gasteiger partial charge in [-0.05, 0) is 102 Å². The summed E-state index contributed by atoms with van der Waals surface area (Å²) in [5.74, 6) is 0. The van der Waals surface area contributed by atoms with Crippen molar-refractivity contribution < 1.29 is 0 Å². The summed E-state index contributed by atoms with van der Waals surface area (Å²) < 4.78 is 2.68. The van der Waals surface area contributed by atoms with Crippen LogP contribution in [0.2, 0.25) is 0 Å². The van der Waals surface area contributed by atoms with Crippen LogP contribution in [0.4, 0.5) is 17.1 Å². The Hall–Kier alpha value is -5.44. The van der Waals surface area contributed by atoms with E-state index in [1.54, 1.807) is 0 Å². The number of nitrogens with zero attached hydrogens (tertiary/aromatic N) is 1. The third-order valence-corrected chi connectivity index (χ3v) is 13.2. The highest BCUT2D eigenvalue weighted by Gasteiger charge is 2.38. The molecule has 0 N–H and O–H groups in total. The quantitative estimate of drug-likeness (QED) is 0.171. The van der Waals surface area contributed by atoms with Crippen molar-refractivity contribution in [1.29, 1.82) is 0 Å². The summed E-state index contributed by atoms with van der Waals surface area (Å²) in [5, 5.41) is 8.09. The molecule has 11 rings (SSSR count). The van der Waals surface area contributed by atoms with E-state index in [9.17, 15) is 0 Å². The maximum Gasteiger partial charge on any atom is 0.0640 e. The largest absolute Gasteiger partial charge is 0.309 e. The second kappa shape index (κ2) is 9.62. The first-order chi connectivity index (χ1) is 24.3. The molecule has 1 nitrogen and oxygen atoms in total. The highest BCUT2D eigenvalue weighted by atomic mass is 32.1. The number of thiophene rings is 1. The molecule has 238 valence electrons. The topological polar surface area (TPSA) is 3.24 Å². The average molecular weight is 658 g/mol. The van der Waals surface area contributed by atoms with Crippen molar-refractivity contribution in [2.24, 2.45) is 0 Å². The molecule has 0 saturated heterocycles. The van der Waals surface area contributed by atoms with Gasteiger partial charge in [-0.15, -0.1) is 11.3 Å². The Bertz CT molecular complexity index is 2780. The van der Waals surface area contributed by atoms with E-state index in [2.05, 4.69) is 172 Å². The molecule has 1 aromatic heterocycles. The van der Waals surface area contributed by atoms with Gasteiger partial charge in [-0.25, -0.2) is 0 Å². The highest BCUT2D eigenvalue weighted by Crippen LogP contribution is 2.55. The molecule has 0 spiro atoms. The van der Waals surface area contributed by atoms with E-state index in [4.69, 9.17) is 0 Å². The molecule has 0 unspecified atom stereocenters. The molecule has 0 aliphatic heterocycles. The normalized spacial score (nSPS) is 15.1. The van der Waals surface area contributed by atoms with Crippen LogP contribution in [0.5, 0.6) is 0 Å². The van der Waals surface area contributed by atoms with Crippen molar-refractivity contribution in [3.05, 3.63) is 162 Å². The Labute approximate surface area is 296 Å². The SMILES string of the molecule is CC1(C)c2ccccc2-c2ccc(N(c3ccc4c(c3)C(C)(C)c3ccccc3-4)c3ccc4c5ccccc5c5cccc6sc3c4c65)cc21. The van der Waals surface area contributed by atoms with Crippen molar-refractivity contribution >= 4 is 70.1 Å². The zero-order valence-electron chi connectivity index (χ0n) is 28.6. The van der Waals surface area contributed by atoms with Gasteiger partial charge in [-0.3, -0.25) is 0 Å². The number of anilines is 3. The van der Waals surface area contributed by atoms with Crippen LogP contribution in [0.15, 0.2) is 140 Å². The smallest absolute Gasteiger partial charge is 0.0640 e. The zero-order valence-corrected chi connectivity index (χ0v) is 29.5. The Morgan fingerprint density at radius 3 is 1.52 bits per heavy atom. The lowest BCUT2D eigenvalue weighted by molar-refractivity contribution is 0.660. The monoisotopic (exact) mass is 657 g/mol. The number of rotatable bonds is 3. The second-order valence-electron chi connectivity index (χ2n) is 15.3. The van der Waals surface area contributed by atoms with Gasteiger partial charge in [-0.2, -0.15) is 0 Å². The van der Waals surface area contributed by atoms with Crippen LogP contribution in [0, 0.1) is 0 Å². The molecular formula is C48H35NS. The first-order valence-corrected chi connectivity index (χ1v) is 18.5. The molecule has 2 aliphatic carbocycles. The number of hydrogen-bond donors (Lipinski definition) is 0. The molecular weight excluding hydrogens is 623 g/mol. The molecule has 0 radical (unpaired) electrons. The van der Waals surface area contributed by atoms with Crippen molar-refractivity contribution in [2.45, 2.75) is 38.5 Å². The number of benzene rings is 8. The van der Waals surface area contributed by atoms with Crippen molar-refractivity contribution in [3.63, 3.8) is 0 Å². The van der Waals surface area contributed by atoms with Gasteiger partial charge in [0.05, 0.1) is 10.4 Å². The predicted octanol–water partition coefficient (Wildman–Crippen LogP) is 13.9. The Kier molecular flexibility index (Phi) is 5.47. The molecule has 9 aromatic rings. The van der Waals surface area contributed by atoms with Crippen molar-refractivity contribution in [2.75, 3.05) is 4.90 Å². The predicted molar refractivity (Wildman–Crippen MR) is 215 cm³/mol. The van der Waals surface area contributed by atoms with E-state index < -0.39 is 0 Å². The van der Waals surface area contributed by atoms with Gasteiger partial charge >= 0.3 is 0 Å². The fraction of sp³-hybridized carbons (Fsp3) is 0.125. The summed E-state index contributed by atoms with van der Waals surface area (Å²) in [6.45, 7) is 9.52. The molecule has 8 aromatic carbocycles. The minimum absolute atomic E-state index is 0.0919. The molecule has 0 amide bonds. The summed E-state index contributed by atoms with van der Waals surface area (Å²) in [5.41, 5.74) is 14.4. The van der Waals surface area contributed by atoms with Gasteiger partial charge in [0.25, 0.3) is 0 Å². The summed E-state index contributed by atoms with van der Waals surface area (Å²) >= 11 is 1.93. The number of fused-ring (bicyclic) bond motifs is 9. The van der Waals surface area contributed by atoms with Crippen LogP contribution < -0.4 is 4.90 Å². The summed E-state index contributed by atoms with van der Waals surface area (Å²) in [7, 11) is 0. The van der Waals surface area contributed by atoms with Crippen LogP contribution >= 0.6 is 11.3 Å². The number of hydrogen-bond acceptors (Lipinski definition) is 2. The van der Waals surface area contributed by atoms with Crippen LogP contribution in [-0.2, 0) is 10.8 Å². The van der Waals surface area contributed by atoms with Crippen LogP contribution in [-0.4, -0.2) is 0 Å². The third-order valence-electron chi connectivity index (χ3n) is 12.0. The maximum absolute atomic E-state index is 2.55. The van der Waals surface area contributed by atoms with E-state index in [0.29, 0.717) is 0 Å². The Balaban J connectivity index is 1.21. The fourth-order valence-corrected chi connectivity index (χ4v) is 10.8. The van der Waals surface area contributed by atoms with E-state index in [0.717, 1.165) is 0 Å². The third kappa shape index (κ3) is 3.52. The minimum Gasteiger partial charge on any atom is -0.309 e. The van der Waals surface area contributed by atoms with E-state index in [1.807, 2.05) is 11.3 Å². The first-order valence-electron chi connectivity index (χ1n) is 17.7. The van der Waals surface area contributed by atoms with Crippen LogP contribution in [0.3, 0.4) is 0 Å². The molecule has 0 fully saturated rings. The van der Waals surface area contributed by atoms with Crippen LogP contribution in [0.25, 0.3) is 64.0 Å². The van der Waals surface area contributed by atoms with E-state index >= 15 is 0 Å². The van der Waals surface area contributed by atoms with Crippen molar-refractivity contribution in [1.82, 2.24) is 0 Å². The van der Waals surface area contributed by atoms with Gasteiger partial charge in [-0.1, -0.05) is 131 Å². The molecule has 2 heteroatoms. The fourth-order valence-electron chi connectivity index (χ4n) is 9.57. The summed E-state index contributed by atoms with van der Waals surface area (Å²) in [6.07, 6.45) is 0. The average Bonchev–Trinajstić information content (AvgIpc) is 3.73. The van der Waals surface area contributed by atoms with Gasteiger partial charge < -0.3 is 4.90 Å². The Morgan fingerprint density at radius 2 is 0.920 bits per heavy atom. The lowest BCUT2D eigenvalue weighted by atomic mass is 9.82. The van der Waals surface area contributed by atoms with Crippen LogP contribution in [0.1, 0.15) is 49.9 Å². The van der Waals surface area contributed by atoms with E-state index in [1.165, 1.54) is 103 Å². The molecule has 0 saturated carbocycles. The molecule has 0 atom stereocenters. The standard InChI is InChI=1S/C48H35NS/c1-47(2)38-17-9-7-14-32(38)34-22-20-28(26-40(34)47)49(29-21-23-35-33-15-8-10-18-39(33)48(3,4)41(35)27-29)42-25-24-37-31-13-6-5-12-30(31)36-16-11-19-43-44(36)45(37)46(42)50-43/h5-27H,1-4H3. The lowest BCUT2D eigenvalue weighted by Gasteiger charge is -2.30. The molecule has 50 heavy (non-hydrogen) atoms. The van der Waals surface area contributed by atoms with Gasteiger partial charge in [0.2, 0.25) is 0 Å². The summed E-state index contributed by atoms with van der Waals surface area (Å²) in [6, 6.07) is 52.8. The summed E-state index contributed by atoms with van der Waals surface area (Å²) in [4.78, 5) is 2.55. The maximum atomic E-state index is 2.55. The van der Waals surface area contributed by atoms with Gasteiger partial charge in [0.1, 0.15) is 0 Å². The molecule has 2 aliphatic rings. The molecule has 1 heterocycles. The molecule has 0 bridgehead atoms. The highest BCUT2D eigenvalue weighted by molar-refractivity contribution is 7.26. The zero-order chi connectivity index (χ0) is 33.5. The van der Waals surface area contributed by atoms with Gasteiger partial charge in [0, 0.05) is 37.7 Å². The van der Waals surface area contributed by atoms with E-state index in [-0.39, 0.29) is 10.8 Å². The second-order valence-corrected chi connectivity index (χ2v) is 16.4. The lowest BCUT2D eigenvalue weighted by Crippen LogP contribution is -2.18. The first kappa shape index (κ1) is 28.4. The Morgan fingerprint density at radius 1 is 0.420 bits per heavy atom. The van der Waals surface area contributed by atoms with Crippen molar-refractivity contribution in [3.8, 4) is 22.3 Å². The van der Waals surface area contributed by atoms with Gasteiger partial charge in [0.15, 0.2) is 0 Å². The minimum atomic E-state index is -0.0919.